The highest BCUT2D eigenvalue weighted by atomic mass is 32.2. The van der Waals surface area contributed by atoms with Crippen LogP contribution in [0.3, 0.4) is 0 Å². The van der Waals surface area contributed by atoms with E-state index >= 15 is 0 Å². The highest BCUT2D eigenvalue weighted by molar-refractivity contribution is 7.80. The van der Waals surface area contributed by atoms with Crippen molar-refractivity contribution in [3.05, 3.63) is 75.6 Å². The third-order valence-corrected chi connectivity index (χ3v) is 7.80. The number of nitrogens with one attached hydrogen (secondary N) is 2. The molecule has 0 amide bonds. The van der Waals surface area contributed by atoms with Gasteiger partial charge in [-0.2, -0.15) is 0 Å². The quantitative estimate of drug-likeness (QED) is 0.263. The number of ether oxygens (including phenoxy) is 1. The van der Waals surface area contributed by atoms with Crippen molar-refractivity contribution in [2.45, 2.75) is 31.2 Å². The molecule has 2 aromatic heterocycles. The Bertz CT molecular complexity index is 1280. The third kappa shape index (κ3) is 5.47. The van der Waals surface area contributed by atoms with Gasteiger partial charge in [0, 0.05) is 39.2 Å². The van der Waals surface area contributed by atoms with E-state index in [4.69, 9.17) is 14.7 Å². The van der Waals surface area contributed by atoms with Gasteiger partial charge in [0.1, 0.15) is 5.75 Å². The minimum absolute atomic E-state index is 0.0622. The van der Waals surface area contributed by atoms with Crippen molar-refractivity contribution in [2.24, 2.45) is 0 Å². The van der Waals surface area contributed by atoms with Crippen LogP contribution in [0.2, 0.25) is 0 Å². The molecule has 10 heteroatoms. The Balaban J connectivity index is 1.38. The van der Waals surface area contributed by atoms with Crippen LogP contribution < -0.4 is 14.8 Å². The summed E-state index contributed by atoms with van der Waals surface area (Å²) in [7, 11) is 1.66. The average molecular weight is 512 g/mol. The first-order valence-corrected chi connectivity index (χ1v) is 13.7. The summed E-state index contributed by atoms with van der Waals surface area (Å²) in [5, 5.41) is 9.76. The summed E-state index contributed by atoms with van der Waals surface area (Å²) < 4.78 is 29.6. The standard InChI is InChI=1S/C24H24N4O3S3/c1-31-22-5-3-2-4-18(22)20-13-33-24(27-20)26-19(21-14-32-23(25-21)16-8-9-16)12-15-6-10-17(11-7-15)28-34(29)30/h2-7,10-11,13-14,16,19,28H,8-9,12H2,1H3,(H,26,27)(H,29,30)/p-1/t19-/m0/s1. The van der Waals surface area contributed by atoms with Crippen molar-refractivity contribution in [3.63, 3.8) is 0 Å². The zero-order valence-corrected chi connectivity index (χ0v) is 20.8. The number of rotatable bonds is 10. The minimum atomic E-state index is -2.34. The molecule has 1 saturated carbocycles. The van der Waals surface area contributed by atoms with Crippen molar-refractivity contribution >= 4 is 44.8 Å². The Morgan fingerprint density at radius 1 is 1.12 bits per heavy atom. The Morgan fingerprint density at radius 3 is 2.65 bits per heavy atom. The Morgan fingerprint density at radius 2 is 1.91 bits per heavy atom. The fourth-order valence-corrected chi connectivity index (χ4v) is 5.86. The van der Waals surface area contributed by atoms with Gasteiger partial charge in [-0.05, 0) is 49.1 Å². The van der Waals surface area contributed by atoms with Crippen LogP contribution in [-0.4, -0.2) is 25.8 Å². The number of anilines is 2. The number of hydrogen-bond donors (Lipinski definition) is 2. The SMILES string of the molecule is COc1ccccc1-c1csc(N[C@@H](Cc2ccc(NS(=O)[O-])cc2)c2csc(C3CC3)n2)n1. The van der Waals surface area contributed by atoms with Crippen molar-refractivity contribution < 1.29 is 13.5 Å². The van der Waals surface area contributed by atoms with Crippen molar-refractivity contribution in [3.8, 4) is 17.0 Å². The molecule has 7 nitrogen and oxygen atoms in total. The monoisotopic (exact) mass is 511 g/mol. The average Bonchev–Trinajstić information content (AvgIpc) is 3.38. The molecule has 2 heterocycles. The molecule has 0 spiro atoms. The third-order valence-electron chi connectivity index (χ3n) is 5.60. The number of aromatic nitrogens is 2. The molecule has 5 rings (SSSR count). The van der Waals surface area contributed by atoms with Crippen LogP contribution in [0.1, 0.15) is 41.1 Å². The van der Waals surface area contributed by atoms with Crippen molar-refractivity contribution in [2.75, 3.05) is 17.1 Å². The molecule has 1 unspecified atom stereocenters. The van der Waals surface area contributed by atoms with Crippen molar-refractivity contribution in [1.29, 1.82) is 0 Å². The van der Waals surface area contributed by atoms with E-state index in [0.29, 0.717) is 18.0 Å². The van der Waals surface area contributed by atoms with Crippen LogP contribution in [0.25, 0.3) is 11.3 Å². The molecule has 176 valence electrons. The Hall–Kier alpha value is -2.79. The Kier molecular flexibility index (Phi) is 6.91. The smallest absolute Gasteiger partial charge is 0.183 e. The topological polar surface area (TPSA) is 99.2 Å². The molecule has 0 bridgehead atoms. The highest BCUT2D eigenvalue weighted by Gasteiger charge is 2.28. The van der Waals surface area contributed by atoms with E-state index in [-0.39, 0.29) is 6.04 Å². The molecule has 4 aromatic rings. The first kappa shape index (κ1) is 23.0. The fraction of sp³-hybridized carbons (Fsp3) is 0.250. The number of para-hydroxylation sites is 1. The number of nitrogens with zero attached hydrogens (tertiary/aromatic N) is 2. The molecule has 1 fully saturated rings. The lowest BCUT2D eigenvalue weighted by Crippen LogP contribution is -2.14. The second kappa shape index (κ2) is 10.2. The van der Waals surface area contributed by atoms with Gasteiger partial charge in [0.15, 0.2) is 5.13 Å². The molecule has 1 aliphatic rings. The maximum absolute atomic E-state index is 10.9. The molecule has 2 N–H and O–H groups in total. The van der Waals surface area contributed by atoms with Gasteiger partial charge in [0.25, 0.3) is 0 Å². The van der Waals surface area contributed by atoms with Crippen LogP contribution in [0.4, 0.5) is 10.8 Å². The van der Waals surface area contributed by atoms with E-state index < -0.39 is 11.3 Å². The second-order valence-electron chi connectivity index (χ2n) is 8.06. The number of methoxy groups -OCH3 is 1. The van der Waals surface area contributed by atoms with Gasteiger partial charge < -0.3 is 19.3 Å². The van der Waals surface area contributed by atoms with Crippen LogP contribution >= 0.6 is 22.7 Å². The fourth-order valence-electron chi connectivity index (χ4n) is 3.72. The van der Waals surface area contributed by atoms with E-state index in [0.717, 1.165) is 33.4 Å². The summed E-state index contributed by atoms with van der Waals surface area (Å²) in [4.78, 5) is 9.75. The summed E-state index contributed by atoms with van der Waals surface area (Å²) in [6.07, 6.45) is 3.13. The molecular weight excluding hydrogens is 488 g/mol. The largest absolute Gasteiger partial charge is 0.755 e. The molecule has 0 aliphatic heterocycles. The lowest BCUT2D eigenvalue weighted by atomic mass is 10.0. The van der Waals surface area contributed by atoms with Gasteiger partial charge >= 0.3 is 0 Å². The summed E-state index contributed by atoms with van der Waals surface area (Å²) in [5.41, 5.74) is 4.43. The van der Waals surface area contributed by atoms with Crippen LogP contribution in [-0.2, 0) is 17.7 Å². The highest BCUT2D eigenvalue weighted by Crippen LogP contribution is 2.42. The van der Waals surface area contributed by atoms with Crippen molar-refractivity contribution in [1.82, 2.24) is 9.97 Å². The normalized spacial score (nSPS) is 15.0. The number of benzene rings is 2. The molecule has 2 atom stereocenters. The number of thiazole rings is 2. The van der Waals surface area contributed by atoms with Gasteiger partial charge in [-0.15, -0.1) is 22.7 Å². The maximum Gasteiger partial charge on any atom is 0.183 e. The van der Waals surface area contributed by atoms with Gasteiger partial charge in [-0.25, -0.2) is 9.97 Å². The predicted molar refractivity (Wildman–Crippen MR) is 137 cm³/mol. The minimum Gasteiger partial charge on any atom is -0.755 e. The molecule has 0 saturated heterocycles. The Labute approximate surface area is 208 Å². The lowest BCUT2D eigenvalue weighted by molar-refractivity contribution is 0.416. The van der Waals surface area contributed by atoms with Gasteiger partial charge in [0.05, 0.1) is 29.5 Å². The van der Waals surface area contributed by atoms with E-state index in [1.165, 1.54) is 17.8 Å². The first-order valence-electron chi connectivity index (χ1n) is 10.8. The summed E-state index contributed by atoms with van der Waals surface area (Å²) >= 11 is 0.935. The number of hydrogen-bond acceptors (Lipinski definition) is 8. The van der Waals surface area contributed by atoms with Crippen LogP contribution in [0, 0.1) is 0 Å². The van der Waals surface area contributed by atoms with E-state index in [1.54, 1.807) is 41.9 Å². The molecule has 1 aliphatic carbocycles. The zero-order valence-electron chi connectivity index (χ0n) is 18.4. The van der Waals surface area contributed by atoms with Gasteiger partial charge in [-0.3, -0.25) is 4.21 Å². The summed E-state index contributed by atoms with van der Waals surface area (Å²) in [6.45, 7) is 0. The lowest BCUT2D eigenvalue weighted by Gasteiger charge is -2.17. The summed E-state index contributed by atoms with van der Waals surface area (Å²) in [5.74, 6) is 1.40. The molecular formula is C24H23N4O3S3-. The molecule has 0 radical (unpaired) electrons. The van der Waals surface area contributed by atoms with Crippen LogP contribution in [0.5, 0.6) is 5.75 Å². The maximum atomic E-state index is 10.9. The van der Waals surface area contributed by atoms with Gasteiger partial charge in [-0.1, -0.05) is 24.3 Å². The zero-order chi connectivity index (χ0) is 23.5. The predicted octanol–water partition coefficient (Wildman–Crippen LogP) is 5.75. The first-order chi connectivity index (χ1) is 16.6. The molecule has 2 aromatic carbocycles. The van der Waals surface area contributed by atoms with Gasteiger partial charge in [0.2, 0.25) is 0 Å². The van der Waals surface area contributed by atoms with Crippen LogP contribution in [0.15, 0.2) is 59.3 Å². The molecule has 34 heavy (non-hydrogen) atoms. The summed E-state index contributed by atoms with van der Waals surface area (Å²) in [6, 6.07) is 15.2. The van der Waals surface area contributed by atoms with E-state index in [1.807, 2.05) is 41.8 Å². The van der Waals surface area contributed by atoms with E-state index in [9.17, 15) is 8.76 Å². The second-order valence-corrected chi connectivity index (χ2v) is 10.5. The van der Waals surface area contributed by atoms with E-state index in [2.05, 4.69) is 15.4 Å².